The van der Waals surface area contributed by atoms with Gasteiger partial charge >= 0.3 is 0 Å². The molecule has 0 N–H and O–H groups in total. The van der Waals surface area contributed by atoms with Crippen LogP contribution in [-0.2, 0) is 14.8 Å². The fourth-order valence-corrected chi connectivity index (χ4v) is 6.46. The van der Waals surface area contributed by atoms with E-state index in [-0.39, 0.29) is 16.4 Å². The van der Waals surface area contributed by atoms with Crippen molar-refractivity contribution in [1.82, 2.24) is 4.31 Å². The quantitative estimate of drug-likeness (QED) is 0.531. The predicted octanol–water partition coefficient (Wildman–Crippen LogP) is 4.80. The fraction of sp³-hybridized carbons (Fsp3) is 0.174. The molecule has 2 heterocycles. The normalized spacial score (nSPS) is 16.3. The minimum absolute atomic E-state index is 0.0937. The number of benzene rings is 3. The smallest absolute Gasteiger partial charge is 0.262 e. The number of halogens is 1. The lowest BCUT2D eigenvalue weighted by Crippen LogP contribution is -2.40. The molecule has 0 spiro atoms. The number of carbonyl (C=O) groups excluding carboxylic acids is 1. The third kappa shape index (κ3) is 3.82. The van der Waals surface area contributed by atoms with Crippen molar-refractivity contribution >= 4 is 50.7 Å². The van der Waals surface area contributed by atoms with Crippen molar-refractivity contribution in [2.75, 3.05) is 31.2 Å². The summed E-state index contributed by atoms with van der Waals surface area (Å²) in [5, 5.41) is 0.519. The molecule has 1 saturated heterocycles. The van der Waals surface area contributed by atoms with Crippen LogP contribution in [0.4, 0.5) is 11.4 Å². The Balaban J connectivity index is 1.57. The first kappa shape index (κ1) is 21.5. The first-order chi connectivity index (χ1) is 15.4. The Morgan fingerprint density at radius 1 is 0.906 bits per heavy atom. The van der Waals surface area contributed by atoms with Gasteiger partial charge in [-0.15, -0.1) is 0 Å². The molecule has 0 atom stereocenters. The summed E-state index contributed by atoms with van der Waals surface area (Å²) in [4.78, 5) is 17.3. The molecule has 5 rings (SSSR count). The van der Waals surface area contributed by atoms with Crippen molar-refractivity contribution in [3.05, 3.63) is 77.3 Å². The van der Waals surface area contributed by atoms with Crippen LogP contribution < -0.4 is 4.90 Å². The van der Waals surface area contributed by atoms with Crippen LogP contribution in [-0.4, -0.2) is 44.9 Å². The summed E-state index contributed by atoms with van der Waals surface area (Å²) in [6, 6.07) is 19.3. The monoisotopic (exact) mass is 486 g/mol. The molecular formula is C23H19ClN2O4S2. The van der Waals surface area contributed by atoms with Gasteiger partial charge in [-0.1, -0.05) is 41.6 Å². The fourth-order valence-electron chi connectivity index (χ4n) is 3.80. The molecule has 164 valence electrons. The lowest BCUT2D eigenvalue weighted by molar-refractivity contribution is 0.0730. The van der Waals surface area contributed by atoms with E-state index >= 15 is 0 Å². The first-order valence-electron chi connectivity index (χ1n) is 10.0. The molecule has 9 heteroatoms. The van der Waals surface area contributed by atoms with E-state index in [9.17, 15) is 13.2 Å². The Hall–Kier alpha value is -2.36. The van der Waals surface area contributed by atoms with Gasteiger partial charge in [-0.25, -0.2) is 8.42 Å². The van der Waals surface area contributed by atoms with Crippen LogP contribution in [0.15, 0.2) is 81.4 Å². The summed E-state index contributed by atoms with van der Waals surface area (Å²) in [6.07, 6.45) is 0. The minimum Gasteiger partial charge on any atom is -0.379 e. The predicted molar refractivity (Wildman–Crippen MR) is 125 cm³/mol. The molecule has 3 aromatic carbocycles. The number of morpholine rings is 1. The number of hydrogen-bond acceptors (Lipinski definition) is 5. The van der Waals surface area contributed by atoms with Gasteiger partial charge in [-0.2, -0.15) is 4.31 Å². The van der Waals surface area contributed by atoms with Gasteiger partial charge < -0.3 is 4.74 Å². The molecule has 32 heavy (non-hydrogen) atoms. The van der Waals surface area contributed by atoms with Gasteiger partial charge in [0.2, 0.25) is 10.0 Å². The average Bonchev–Trinajstić information content (AvgIpc) is 2.83. The van der Waals surface area contributed by atoms with Crippen molar-refractivity contribution in [2.24, 2.45) is 0 Å². The average molecular weight is 487 g/mol. The Morgan fingerprint density at radius 2 is 1.66 bits per heavy atom. The van der Waals surface area contributed by atoms with Crippen molar-refractivity contribution in [3.63, 3.8) is 0 Å². The number of hydrogen-bond donors (Lipinski definition) is 0. The van der Waals surface area contributed by atoms with Crippen LogP contribution >= 0.6 is 23.4 Å². The maximum absolute atomic E-state index is 13.7. The second kappa shape index (κ2) is 8.53. The van der Waals surface area contributed by atoms with Crippen LogP contribution in [0.2, 0.25) is 5.02 Å². The molecule has 0 bridgehead atoms. The molecule has 6 nitrogen and oxygen atoms in total. The van der Waals surface area contributed by atoms with E-state index in [0.717, 1.165) is 15.5 Å². The van der Waals surface area contributed by atoms with Gasteiger partial charge in [0.25, 0.3) is 5.91 Å². The van der Waals surface area contributed by atoms with E-state index in [1.165, 1.54) is 16.4 Å². The number of sulfonamides is 1. The van der Waals surface area contributed by atoms with Gasteiger partial charge in [0.05, 0.1) is 29.5 Å². The Labute approximate surface area is 195 Å². The molecule has 2 aliphatic heterocycles. The minimum atomic E-state index is -3.72. The van der Waals surface area contributed by atoms with E-state index in [2.05, 4.69) is 0 Å². The zero-order valence-electron chi connectivity index (χ0n) is 16.9. The van der Waals surface area contributed by atoms with Crippen molar-refractivity contribution in [1.29, 1.82) is 0 Å². The van der Waals surface area contributed by atoms with Crippen molar-refractivity contribution < 1.29 is 17.9 Å². The molecule has 2 aliphatic rings. The third-order valence-electron chi connectivity index (χ3n) is 5.38. The number of para-hydroxylation sites is 1. The standard InChI is InChI=1S/C23H19ClN2O4S2/c24-17-8-9-22-20(15-17)26(19-6-1-2-7-21(19)31-22)23(27)16-4-3-5-18(14-16)32(28,29)25-10-12-30-13-11-25/h1-9,14-15H,10-13H2. The Kier molecular flexibility index (Phi) is 5.73. The number of carbonyl (C=O) groups is 1. The van der Waals surface area contributed by atoms with Crippen LogP contribution in [0.1, 0.15) is 10.4 Å². The second-order valence-corrected chi connectivity index (χ2v) is 10.8. The third-order valence-corrected chi connectivity index (χ3v) is 8.64. The van der Waals surface area contributed by atoms with E-state index < -0.39 is 10.0 Å². The van der Waals surface area contributed by atoms with E-state index in [4.69, 9.17) is 16.3 Å². The lowest BCUT2D eigenvalue weighted by atomic mass is 10.1. The Morgan fingerprint density at radius 3 is 2.47 bits per heavy atom. The number of amides is 1. The highest BCUT2D eigenvalue weighted by molar-refractivity contribution is 7.99. The second-order valence-electron chi connectivity index (χ2n) is 7.37. The van der Waals surface area contributed by atoms with Crippen LogP contribution in [0, 0.1) is 0 Å². The first-order valence-corrected chi connectivity index (χ1v) is 12.7. The summed E-state index contributed by atoms with van der Waals surface area (Å²) >= 11 is 7.82. The van der Waals surface area contributed by atoms with Gasteiger partial charge in [0, 0.05) is 33.5 Å². The van der Waals surface area contributed by atoms with E-state index in [1.54, 1.807) is 40.9 Å². The van der Waals surface area contributed by atoms with Gasteiger partial charge in [0.1, 0.15) is 0 Å². The molecule has 1 fully saturated rings. The van der Waals surface area contributed by atoms with E-state index in [0.29, 0.717) is 37.0 Å². The lowest BCUT2D eigenvalue weighted by Gasteiger charge is -2.31. The molecule has 1 amide bonds. The molecule has 0 radical (unpaired) electrons. The highest BCUT2D eigenvalue weighted by atomic mass is 35.5. The number of ether oxygens (including phenoxy) is 1. The molecule has 0 aliphatic carbocycles. The summed E-state index contributed by atoms with van der Waals surface area (Å²) in [5.41, 5.74) is 1.69. The van der Waals surface area contributed by atoms with Crippen LogP contribution in [0.25, 0.3) is 0 Å². The zero-order valence-corrected chi connectivity index (χ0v) is 19.3. The summed E-state index contributed by atoms with van der Waals surface area (Å²) in [6.45, 7) is 1.31. The maximum atomic E-state index is 13.7. The molecule has 0 unspecified atom stereocenters. The topological polar surface area (TPSA) is 66.9 Å². The highest BCUT2D eigenvalue weighted by Crippen LogP contribution is 2.49. The molecule has 0 aromatic heterocycles. The highest BCUT2D eigenvalue weighted by Gasteiger charge is 2.31. The van der Waals surface area contributed by atoms with Crippen molar-refractivity contribution in [2.45, 2.75) is 14.7 Å². The van der Waals surface area contributed by atoms with Gasteiger partial charge in [0.15, 0.2) is 0 Å². The zero-order chi connectivity index (χ0) is 22.3. The number of nitrogens with zero attached hydrogens (tertiary/aromatic N) is 2. The SMILES string of the molecule is O=C(c1cccc(S(=O)(=O)N2CCOCC2)c1)N1c2ccccc2Sc2ccc(Cl)cc21. The maximum Gasteiger partial charge on any atom is 0.262 e. The molecule has 3 aromatic rings. The van der Waals surface area contributed by atoms with Crippen LogP contribution in [0.5, 0.6) is 0 Å². The Bertz CT molecular complexity index is 1310. The molecule has 0 saturated carbocycles. The summed E-state index contributed by atoms with van der Waals surface area (Å²) in [5.74, 6) is -0.319. The largest absolute Gasteiger partial charge is 0.379 e. The van der Waals surface area contributed by atoms with Crippen molar-refractivity contribution in [3.8, 4) is 0 Å². The number of fused-ring (bicyclic) bond motifs is 2. The number of anilines is 2. The van der Waals surface area contributed by atoms with Crippen LogP contribution in [0.3, 0.4) is 0 Å². The van der Waals surface area contributed by atoms with Gasteiger partial charge in [-0.05, 0) is 48.5 Å². The van der Waals surface area contributed by atoms with Gasteiger partial charge in [-0.3, -0.25) is 9.69 Å². The summed E-state index contributed by atoms with van der Waals surface area (Å²) in [7, 11) is -3.72. The van der Waals surface area contributed by atoms with E-state index in [1.807, 2.05) is 30.3 Å². The molecular weight excluding hydrogens is 468 g/mol. The number of rotatable bonds is 3. The summed E-state index contributed by atoms with van der Waals surface area (Å²) < 4.78 is 32.9.